The summed E-state index contributed by atoms with van der Waals surface area (Å²) in [5, 5.41) is 0. The van der Waals surface area contributed by atoms with E-state index in [4.69, 9.17) is 50.9 Å². The van der Waals surface area contributed by atoms with E-state index in [2.05, 4.69) is 143 Å². The van der Waals surface area contributed by atoms with Crippen molar-refractivity contribution in [1.29, 1.82) is 0 Å². The number of benzene rings is 3. The Morgan fingerprint density at radius 3 is 1.42 bits per heavy atom. The molecule has 0 amide bonds. The molecule has 38 heavy (non-hydrogen) atoms. The number of fused-ring (bicyclic) bond motifs is 2. The molecule has 5 rings (SSSR count). The SMILES string of the molecule is [B]c1c(Br)c([B])c2c(c1Br)OP1(Oc3c(Br)c(Br)c(Br)c(Br)c3OC)(O2)Oc2c([B])c(Br)c(Br)c(Br)c2O1. The van der Waals surface area contributed by atoms with E-state index in [-0.39, 0.29) is 50.9 Å². The van der Waals surface area contributed by atoms with Crippen LogP contribution in [0.15, 0.2) is 40.3 Å². The summed E-state index contributed by atoms with van der Waals surface area (Å²) < 4.78 is 42.3. The molecule has 0 fully saturated rings. The van der Waals surface area contributed by atoms with Gasteiger partial charge in [0.25, 0.3) is 0 Å². The third-order valence-electron chi connectivity index (χ3n) is 5.22. The molecule has 6 radical (unpaired) electrons. The molecule has 0 unspecified atom stereocenters. The molecule has 0 saturated carbocycles. The van der Waals surface area contributed by atoms with Crippen LogP contribution in [-0.2, 0) is 0 Å². The summed E-state index contributed by atoms with van der Waals surface area (Å²) in [5.74, 6) is 0.815. The predicted molar refractivity (Wildman–Crippen MR) is 181 cm³/mol. The minimum atomic E-state index is -5.25. The molecule has 3 aromatic rings. The topological polar surface area (TPSA) is 55.4 Å². The Bertz CT molecular complexity index is 1450. The molecule has 0 aromatic heterocycles. The van der Waals surface area contributed by atoms with Gasteiger partial charge in [-0.1, -0.05) is 0 Å². The van der Waals surface area contributed by atoms with Gasteiger partial charge in [-0.15, -0.1) is 0 Å². The van der Waals surface area contributed by atoms with Crippen LogP contribution >= 0.6 is 151 Å². The summed E-state index contributed by atoms with van der Waals surface area (Å²) in [6.45, 7) is 0. The van der Waals surface area contributed by atoms with E-state index in [0.717, 1.165) is 0 Å². The quantitative estimate of drug-likeness (QED) is 0.114. The first-order valence-electron chi connectivity index (χ1n) is 9.61. The molecule has 3 aromatic carbocycles. The Kier molecular flexibility index (Phi) is 8.56. The van der Waals surface area contributed by atoms with Crippen LogP contribution in [0.1, 0.15) is 0 Å². The molecule has 1 spiro atoms. The summed E-state index contributed by atoms with van der Waals surface area (Å²) in [7, 11) is 15.2. The number of methoxy groups -OCH3 is 1. The Balaban J connectivity index is 1.82. The Morgan fingerprint density at radius 2 is 0.895 bits per heavy atom. The van der Waals surface area contributed by atoms with Crippen molar-refractivity contribution in [3.63, 3.8) is 0 Å². The van der Waals surface area contributed by atoms with Gasteiger partial charge in [0.05, 0.1) is 0 Å². The van der Waals surface area contributed by atoms with Gasteiger partial charge in [0.1, 0.15) is 0 Å². The van der Waals surface area contributed by atoms with Gasteiger partial charge in [-0.3, -0.25) is 0 Å². The molecular weight excluding hydrogens is 1110 g/mol. The standard InChI is InChI=1S/C19H3B3Br9O6P/c1-32-16-11(29)9(27)10(28)13(31)19(16)37-38(33-14-3(21)5(23)2(20)7(25)17(14)35-38)34-15-4(22)6(24)8(26)12(30)18(15)36-38/h1H3. The molecule has 2 aliphatic rings. The van der Waals surface area contributed by atoms with Gasteiger partial charge in [0.2, 0.25) is 0 Å². The average Bonchev–Trinajstić information content (AvgIpc) is 3.42. The molecule has 0 N–H and O–H groups in total. The van der Waals surface area contributed by atoms with Gasteiger partial charge in [-0.25, -0.2) is 0 Å². The molecule has 2 aliphatic heterocycles. The first-order valence-corrected chi connectivity index (χ1v) is 18.6. The number of ether oxygens (including phenoxy) is 1. The molecule has 0 atom stereocenters. The van der Waals surface area contributed by atoms with Crippen LogP contribution in [0.3, 0.4) is 0 Å². The van der Waals surface area contributed by atoms with E-state index in [1.54, 1.807) is 0 Å². The van der Waals surface area contributed by atoms with E-state index in [9.17, 15) is 0 Å². The van der Waals surface area contributed by atoms with E-state index in [1.165, 1.54) is 7.11 Å². The summed E-state index contributed by atoms with van der Waals surface area (Å²) in [6, 6.07) is 0. The number of hydrogen-bond acceptors (Lipinski definition) is 6. The van der Waals surface area contributed by atoms with E-state index >= 15 is 0 Å². The van der Waals surface area contributed by atoms with E-state index in [1.807, 2.05) is 0 Å². The molecule has 19 heteroatoms. The molecule has 0 aliphatic carbocycles. The molecular formula is C19H3B3Br9O6P. The molecule has 192 valence electrons. The van der Waals surface area contributed by atoms with E-state index in [0.29, 0.717) is 40.3 Å². The van der Waals surface area contributed by atoms with Crippen molar-refractivity contribution >= 4 is 191 Å². The number of halogens is 9. The van der Waals surface area contributed by atoms with Crippen LogP contribution in [0.4, 0.5) is 0 Å². The van der Waals surface area contributed by atoms with Crippen LogP contribution < -0.4 is 43.7 Å². The van der Waals surface area contributed by atoms with Crippen molar-refractivity contribution in [3.8, 4) is 34.5 Å². The van der Waals surface area contributed by atoms with Crippen molar-refractivity contribution in [2.75, 3.05) is 7.11 Å². The summed E-state index contributed by atoms with van der Waals surface area (Å²) in [6.07, 6.45) is 0. The summed E-state index contributed by atoms with van der Waals surface area (Å²) >= 11 is 31.4. The molecule has 2 heterocycles. The van der Waals surface area contributed by atoms with Crippen LogP contribution in [0.2, 0.25) is 0 Å². The Morgan fingerprint density at radius 1 is 0.474 bits per heavy atom. The third kappa shape index (κ3) is 4.46. The fourth-order valence-corrected chi connectivity index (χ4v) is 11.5. The predicted octanol–water partition coefficient (Wildman–Crippen LogP) is 8.39. The van der Waals surface area contributed by atoms with Crippen LogP contribution in [0.25, 0.3) is 0 Å². The van der Waals surface area contributed by atoms with Gasteiger partial charge in [0.15, 0.2) is 0 Å². The normalized spacial score (nSPS) is 16.8. The van der Waals surface area contributed by atoms with Crippen molar-refractivity contribution in [2.45, 2.75) is 0 Å². The first kappa shape index (κ1) is 30.8. The van der Waals surface area contributed by atoms with Crippen LogP contribution in [0, 0.1) is 0 Å². The average molecular weight is 1110 g/mol. The van der Waals surface area contributed by atoms with Crippen molar-refractivity contribution in [2.24, 2.45) is 0 Å². The number of rotatable bonds is 3. The van der Waals surface area contributed by atoms with Crippen molar-refractivity contribution < 1.29 is 27.4 Å². The third-order valence-corrected chi connectivity index (χ3v) is 17.4. The molecule has 0 bridgehead atoms. The first-order chi connectivity index (χ1) is 17.7. The van der Waals surface area contributed by atoms with Gasteiger partial charge in [-0.2, -0.15) is 0 Å². The van der Waals surface area contributed by atoms with Crippen molar-refractivity contribution in [1.82, 2.24) is 0 Å². The van der Waals surface area contributed by atoms with Gasteiger partial charge in [0, 0.05) is 0 Å². The van der Waals surface area contributed by atoms with Gasteiger partial charge < -0.3 is 0 Å². The maximum absolute atomic E-state index is 6.57. The fourth-order valence-electron chi connectivity index (χ4n) is 3.45. The monoisotopic (exact) mass is 1100 g/mol. The van der Waals surface area contributed by atoms with Crippen LogP contribution in [-0.4, -0.2) is 30.6 Å². The molecule has 6 nitrogen and oxygen atoms in total. The maximum atomic E-state index is 6.57. The van der Waals surface area contributed by atoms with Gasteiger partial charge in [-0.05, 0) is 0 Å². The second-order valence-electron chi connectivity index (χ2n) is 7.45. The minimum absolute atomic E-state index is 0.0709. The summed E-state index contributed by atoms with van der Waals surface area (Å²) in [4.78, 5) is 0. The zero-order chi connectivity index (χ0) is 28.1. The summed E-state index contributed by atoms with van der Waals surface area (Å²) in [5.41, 5.74) is 0.590. The second-order valence-corrected chi connectivity index (χ2v) is 17.0. The zero-order valence-corrected chi connectivity index (χ0v) is 33.2. The van der Waals surface area contributed by atoms with Gasteiger partial charge >= 0.3 is 300 Å². The zero-order valence-electron chi connectivity index (χ0n) is 18.0. The Labute approximate surface area is 296 Å². The number of hydrogen-bond donors (Lipinski definition) is 0. The molecule has 0 saturated heterocycles. The Hall–Kier alpha value is 1.40. The fraction of sp³-hybridized carbons (Fsp3) is 0.0526. The van der Waals surface area contributed by atoms with E-state index < -0.39 is 7.74 Å². The van der Waals surface area contributed by atoms with Crippen molar-refractivity contribution in [3.05, 3.63) is 40.3 Å². The van der Waals surface area contributed by atoms with Crippen LogP contribution in [0.5, 0.6) is 34.5 Å². The second kappa shape index (κ2) is 10.5.